The maximum atomic E-state index is 13.4. The monoisotopic (exact) mass is 394 g/mol. The van der Waals surface area contributed by atoms with Crippen LogP contribution < -0.4 is 14.8 Å². The molecule has 0 fully saturated rings. The first-order valence-corrected chi connectivity index (χ1v) is 9.26. The SMILES string of the molecule is CCNC(=O)c1cc(-c2ccc(F)cc2)nc(-c2ccc(OC)c(OC)c2)c1C. The second-order valence-electron chi connectivity index (χ2n) is 6.46. The second-order valence-corrected chi connectivity index (χ2v) is 6.46. The van der Waals surface area contributed by atoms with Crippen molar-refractivity contribution in [3.63, 3.8) is 0 Å². The molecular weight excluding hydrogens is 371 g/mol. The first kappa shape index (κ1) is 20.3. The number of methoxy groups -OCH3 is 2. The molecule has 150 valence electrons. The lowest BCUT2D eigenvalue weighted by atomic mass is 9.98. The Kier molecular flexibility index (Phi) is 6.12. The summed E-state index contributed by atoms with van der Waals surface area (Å²) in [6, 6.07) is 13.3. The van der Waals surface area contributed by atoms with E-state index in [-0.39, 0.29) is 11.7 Å². The van der Waals surface area contributed by atoms with Crippen LogP contribution in [-0.4, -0.2) is 31.7 Å². The summed E-state index contributed by atoms with van der Waals surface area (Å²) < 4.78 is 24.1. The molecule has 0 spiro atoms. The van der Waals surface area contributed by atoms with Crippen molar-refractivity contribution in [1.29, 1.82) is 0 Å². The summed E-state index contributed by atoms with van der Waals surface area (Å²) in [4.78, 5) is 17.4. The van der Waals surface area contributed by atoms with Crippen molar-refractivity contribution < 1.29 is 18.7 Å². The third-order valence-corrected chi connectivity index (χ3v) is 4.65. The average molecular weight is 394 g/mol. The van der Waals surface area contributed by atoms with E-state index in [1.807, 2.05) is 26.0 Å². The van der Waals surface area contributed by atoms with Crippen LogP contribution in [0.1, 0.15) is 22.8 Å². The molecule has 1 aromatic heterocycles. The Morgan fingerprint density at radius 2 is 1.66 bits per heavy atom. The van der Waals surface area contributed by atoms with Gasteiger partial charge in [0, 0.05) is 23.2 Å². The topological polar surface area (TPSA) is 60.5 Å². The minimum absolute atomic E-state index is 0.183. The lowest BCUT2D eigenvalue weighted by Crippen LogP contribution is -2.24. The number of carbonyl (C=O) groups excluding carboxylic acids is 1. The average Bonchev–Trinajstić information content (AvgIpc) is 2.74. The minimum atomic E-state index is -0.329. The normalized spacial score (nSPS) is 10.5. The van der Waals surface area contributed by atoms with Crippen molar-refractivity contribution >= 4 is 5.91 Å². The molecule has 0 radical (unpaired) electrons. The maximum Gasteiger partial charge on any atom is 0.251 e. The van der Waals surface area contributed by atoms with Gasteiger partial charge in [-0.05, 0) is 67.9 Å². The van der Waals surface area contributed by atoms with Gasteiger partial charge in [-0.15, -0.1) is 0 Å². The maximum absolute atomic E-state index is 13.4. The Bertz CT molecular complexity index is 1030. The summed E-state index contributed by atoms with van der Waals surface area (Å²) in [5, 5.41) is 2.84. The van der Waals surface area contributed by atoms with E-state index in [1.165, 1.54) is 12.1 Å². The molecule has 3 aromatic rings. The number of aromatic nitrogens is 1. The van der Waals surface area contributed by atoms with Gasteiger partial charge in [-0.2, -0.15) is 0 Å². The summed E-state index contributed by atoms with van der Waals surface area (Å²) in [5.41, 5.74) is 4.00. The molecule has 0 aliphatic heterocycles. The summed E-state index contributed by atoms with van der Waals surface area (Å²) in [7, 11) is 3.14. The van der Waals surface area contributed by atoms with Gasteiger partial charge < -0.3 is 14.8 Å². The van der Waals surface area contributed by atoms with Crippen LogP contribution in [0.4, 0.5) is 4.39 Å². The number of hydrogen-bond acceptors (Lipinski definition) is 4. The van der Waals surface area contributed by atoms with Gasteiger partial charge in [0.15, 0.2) is 11.5 Å². The van der Waals surface area contributed by atoms with Crippen molar-refractivity contribution in [2.24, 2.45) is 0 Å². The minimum Gasteiger partial charge on any atom is -0.493 e. The van der Waals surface area contributed by atoms with E-state index >= 15 is 0 Å². The van der Waals surface area contributed by atoms with Gasteiger partial charge >= 0.3 is 0 Å². The van der Waals surface area contributed by atoms with Gasteiger partial charge in [0.2, 0.25) is 0 Å². The molecule has 1 N–H and O–H groups in total. The summed E-state index contributed by atoms with van der Waals surface area (Å²) in [6.45, 7) is 4.24. The number of benzene rings is 2. The molecule has 0 saturated heterocycles. The summed E-state index contributed by atoms with van der Waals surface area (Å²) in [6.07, 6.45) is 0. The number of hydrogen-bond donors (Lipinski definition) is 1. The zero-order chi connectivity index (χ0) is 21.0. The molecule has 6 heteroatoms. The van der Waals surface area contributed by atoms with Crippen LogP contribution in [0.15, 0.2) is 48.5 Å². The van der Waals surface area contributed by atoms with Crippen LogP contribution in [0.2, 0.25) is 0 Å². The molecule has 0 aliphatic carbocycles. The van der Waals surface area contributed by atoms with Crippen molar-refractivity contribution in [2.75, 3.05) is 20.8 Å². The van der Waals surface area contributed by atoms with Crippen LogP contribution in [0.25, 0.3) is 22.5 Å². The summed E-state index contributed by atoms with van der Waals surface area (Å²) >= 11 is 0. The van der Waals surface area contributed by atoms with Crippen LogP contribution in [0.5, 0.6) is 11.5 Å². The second kappa shape index (κ2) is 8.73. The number of amides is 1. The van der Waals surface area contributed by atoms with E-state index in [0.717, 1.165) is 16.7 Å². The lowest BCUT2D eigenvalue weighted by Gasteiger charge is -2.15. The Morgan fingerprint density at radius 1 is 1.00 bits per heavy atom. The number of ether oxygens (including phenoxy) is 2. The van der Waals surface area contributed by atoms with Gasteiger partial charge in [-0.1, -0.05) is 0 Å². The van der Waals surface area contributed by atoms with E-state index in [9.17, 15) is 9.18 Å². The number of halogens is 1. The zero-order valence-corrected chi connectivity index (χ0v) is 16.9. The molecule has 1 heterocycles. The largest absolute Gasteiger partial charge is 0.493 e. The molecule has 2 aromatic carbocycles. The van der Waals surface area contributed by atoms with Gasteiger partial charge in [0.1, 0.15) is 5.82 Å². The molecular formula is C23H23FN2O3. The first-order valence-electron chi connectivity index (χ1n) is 9.26. The molecule has 1 amide bonds. The van der Waals surface area contributed by atoms with Crippen molar-refractivity contribution in [1.82, 2.24) is 10.3 Å². The highest BCUT2D eigenvalue weighted by Crippen LogP contribution is 2.35. The molecule has 3 rings (SSSR count). The zero-order valence-electron chi connectivity index (χ0n) is 16.9. The number of carbonyl (C=O) groups is 1. The van der Waals surface area contributed by atoms with Gasteiger partial charge in [-0.3, -0.25) is 4.79 Å². The highest BCUT2D eigenvalue weighted by Gasteiger charge is 2.18. The number of pyridine rings is 1. The molecule has 5 nitrogen and oxygen atoms in total. The van der Waals surface area contributed by atoms with E-state index in [4.69, 9.17) is 14.5 Å². The van der Waals surface area contributed by atoms with E-state index in [2.05, 4.69) is 5.32 Å². The van der Waals surface area contributed by atoms with E-state index < -0.39 is 0 Å². The fourth-order valence-electron chi connectivity index (χ4n) is 3.13. The fraction of sp³-hybridized carbons (Fsp3) is 0.217. The summed E-state index contributed by atoms with van der Waals surface area (Å²) in [5.74, 6) is 0.660. The van der Waals surface area contributed by atoms with Crippen LogP contribution >= 0.6 is 0 Å². The predicted molar refractivity (Wildman–Crippen MR) is 111 cm³/mol. The van der Waals surface area contributed by atoms with Crippen molar-refractivity contribution in [3.05, 3.63) is 65.5 Å². The van der Waals surface area contributed by atoms with Gasteiger partial charge in [0.05, 0.1) is 25.6 Å². The highest BCUT2D eigenvalue weighted by molar-refractivity contribution is 5.98. The van der Waals surface area contributed by atoms with Crippen molar-refractivity contribution in [2.45, 2.75) is 13.8 Å². The quantitative estimate of drug-likeness (QED) is 0.662. The molecule has 0 unspecified atom stereocenters. The van der Waals surface area contributed by atoms with Gasteiger partial charge in [-0.25, -0.2) is 9.37 Å². The van der Waals surface area contributed by atoms with Crippen LogP contribution in [0.3, 0.4) is 0 Å². The molecule has 0 bridgehead atoms. The molecule has 0 saturated carbocycles. The Hall–Kier alpha value is -3.41. The third kappa shape index (κ3) is 4.21. The molecule has 0 atom stereocenters. The first-order chi connectivity index (χ1) is 14.0. The number of nitrogens with one attached hydrogen (secondary N) is 1. The lowest BCUT2D eigenvalue weighted by molar-refractivity contribution is 0.0955. The van der Waals surface area contributed by atoms with Crippen LogP contribution in [0, 0.1) is 12.7 Å². The van der Waals surface area contributed by atoms with E-state index in [1.54, 1.807) is 38.5 Å². The smallest absolute Gasteiger partial charge is 0.251 e. The Labute approximate surface area is 169 Å². The third-order valence-electron chi connectivity index (χ3n) is 4.65. The van der Waals surface area contributed by atoms with Crippen molar-refractivity contribution in [3.8, 4) is 34.0 Å². The van der Waals surface area contributed by atoms with Crippen LogP contribution in [-0.2, 0) is 0 Å². The Morgan fingerprint density at radius 3 is 2.28 bits per heavy atom. The fourth-order valence-corrected chi connectivity index (χ4v) is 3.13. The predicted octanol–water partition coefficient (Wildman–Crippen LogP) is 4.63. The standard InChI is InChI=1S/C23H23FN2O3/c1-5-25-23(27)18-13-19(15-6-9-17(24)10-7-15)26-22(14(18)2)16-8-11-20(28-3)21(12-16)29-4/h6-13H,5H2,1-4H3,(H,25,27). The highest BCUT2D eigenvalue weighted by atomic mass is 19.1. The number of rotatable bonds is 6. The number of nitrogens with zero attached hydrogens (tertiary/aromatic N) is 1. The molecule has 0 aliphatic rings. The van der Waals surface area contributed by atoms with Gasteiger partial charge in [0.25, 0.3) is 5.91 Å². The Balaban J connectivity index is 2.22. The molecule has 29 heavy (non-hydrogen) atoms. The van der Waals surface area contributed by atoms with E-state index in [0.29, 0.717) is 35.0 Å².